The molecule has 0 spiro atoms. The molecule has 0 radical (unpaired) electrons. The van der Waals surface area contributed by atoms with Crippen LogP contribution in [0.25, 0.3) is 11.3 Å². The fourth-order valence-corrected chi connectivity index (χ4v) is 2.80. The minimum Gasteiger partial charge on any atom is -0.321 e. The van der Waals surface area contributed by atoms with Crippen molar-refractivity contribution in [3.8, 4) is 11.3 Å². The maximum absolute atomic E-state index is 12.3. The first kappa shape index (κ1) is 16.6. The van der Waals surface area contributed by atoms with Gasteiger partial charge in [0.25, 0.3) is 5.91 Å². The van der Waals surface area contributed by atoms with Crippen molar-refractivity contribution >= 4 is 34.8 Å². The molecule has 0 atom stereocenters. The monoisotopic (exact) mass is 359 g/mol. The Hall–Kier alpha value is -2.30. The highest BCUT2D eigenvalue weighted by molar-refractivity contribution is 6.36. The molecule has 24 heavy (non-hydrogen) atoms. The molecule has 3 rings (SSSR count). The van der Waals surface area contributed by atoms with Crippen LogP contribution < -0.4 is 5.32 Å². The maximum Gasteiger partial charge on any atom is 0.273 e. The van der Waals surface area contributed by atoms with Gasteiger partial charge >= 0.3 is 0 Å². The molecule has 6 heteroatoms. The van der Waals surface area contributed by atoms with Crippen molar-refractivity contribution in [3.05, 3.63) is 69.8 Å². The summed E-state index contributed by atoms with van der Waals surface area (Å²) in [5.74, 6) is -0.261. The molecule has 0 saturated carbocycles. The van der Waals surface area contributed by atoms with Gasteiger partial charge in [0.15, 0.2) is 0 Å². The van der Waals surface area contributed by atoms with E-state index >= 15 is 0 Å². The van der Waals surface area contributed by atoms with E-state index in [-0.39, 0.29) is 5.91 Å². The summed E-state index contributed by atoms with van der Waals surface area (Å²) in [6.07, 6.45) is 0.958. The molecule has 0 unspecified atom stereocenters. The number of hydrogen-bond acceptors (Lipinski definition) is 2. The number of H-pyrrole nitrogens is 1. The Morgan fingerprint density at radius 3 is 2.54 bits per heavy atom. The normalized spacial score (nSPS) is 10.6. The zero-order valence-corrected chi connectivity index (χ0v) is 14.4. The van der Waals surface area contributed by atoms with E-state index in [0.29, 0.717) is 27.0 Å². The number of rotatable bonds is 4. The first-order valence-corrected chi connectivity index (χ1v) is 8.23. The predicted molar refractivity (Wildman–Crippen MR) is 97.8 cm³/mol. The van der Waals surface area contributed by atoms with Crippen molar-refractivity contribution in [3.63, 3.8) is 0 Å². The highest BCUT2D eigenvalue weighted by Gasteiger charge is 2.13. The standard InChI is InChI=1S/C18H15Cl2N3O/c1-2-11-3-6-13(7-4-11)21-18(24)17-10-16(22-23-17)14-8-5-12(19)9-15(14)20/h3-10H,2H2,1H3,(H,21,24)(H,22,23). The molecule has 0 saturated heterocycles. The van der Waals surface area contributed by atoms with E-state index in [1.165, 1.54) is 5.56 Å². The second-order valence-electron chi connectivity index (χ2n) is 5.30. The van der Waals surface area contributed by atoms with Gasteiger partial charge in [0.05, 0.1) is 10.7 Å². The van der Waals surface area contributed by atoms with Crippen LogP contribution in [0.3, 0.4) is 0 Å². The third kappa shape index (κ3) is 3.61. The first-order valence-electron chi connectivity index (χ1n) is 7.48. The van der Waals surface area contributed by atoms with Crippen molar-refractivity contribution in [2.75, 3.05) is 5.32 Å². The number of amides is 1. The number of nitrogens with one attached hydrogen (secondary N) is 2. The average molecular weight is 360 g/mol. The Balaban J connectivity index is 1.78. The molecule has 0 bridgehead atoms. The maximum atomic E-state index is 12.3. The lowest BCUT2D eigenvalue weighted by atomic mass is 10.1. The highest BCUT2D eigenvalue weighted by atomic mass is 35.5. The van der Waals surface area contributed by atoms with Crippen LogP contribution in [-0.4, -0.2) is 16.1 Å². The van der Waals surface area contributed by atoms with Crippen LogP contribution in [0, 0.1) is 0 Å². The Bertz CT molecular complexity index is 872. The summed E-state index contributed by atoms with van der Waals surface area (Å²) in [4.78, 5) is 12.3. The van der Waals surface area contributed by atoms with Crippen molar-refractivity contribution in [2.24, 2.45) is 0 Å². The molecule has 0 aliphatic heterocycles. The topological polar surface area (TPSA) is 57.8 Å². The van der Waals surface area contributed by atoms with Gasteiger partial charge in [-0.3, -0.25) is 9.89 Å². The van der Waals surface area contributed by atoms with Crippen LogP contribution in [0.5, 0.6) is 0 Å². The van der Waals surface area contributed by atoms with Crippen LogP contribution in [-0.2, 0) is 6.42 Å². The van der Waals surface area contributed by atoms with Gasteiger partial charge < -0.3 is 5.32 Å². The fourth-order valence-electron chi connectivity index (χ4n) is 2.30. The number of carbonyl (C=O) groups excluding carboxylic acids is 1. The molecule has 1 aromatic heterocycles. The molecule has 1 heterocycles. The second kappa shape index (κ2) is 7.07. The van der Waals surface area contributed by atoms with Gasteiger partial charge in [-0.1, -0.05) is 42.3 Å². The number of hydrogen-bond donors (Lipinski definition) is 2. The van der Waals surface area contributed by atoms with Gasteiger partial charge in [-0.25, -0.2) is 0 Å². The number of nitrogens with zero attached hydrogens (tertiary/aromatic N) is 1. The van der Waals surface area contributed by atoms with E-state index in [2.05, 4.69) is 22.4 Å². The van der Waals surface area contributed by atoms with E-state index < -0.39 is 0 Å². The zero-order valence-electron chi connectivity index (χ0n) is 12.9. The van der Waals surface area contributed by atoms with Crippen LogP contribution in [0.15, 0.2) is 48.5 Å². The molecule has 4 nitrogen and oxygen atoms in total. The Morgan fingerprint density at radius 1 is 1.12 bits per heavy atom. The second-order valence-corrected chi connectivity index (χ2v) is 6.14. The number of aromatic amines is 1. The van der Waals surface area contributed by atoms with Crippen molar-refractivity contribution in [1.29, 1.82) is 0 Å². The van der Waals surface area contributed by atoms with Crippen molar-refractivity contribution in [2.45, 2.75) is 13.3 Å². The fraction of sp³-hybridized carbons (Fsp3) is 0.111. The van der Waals surface area contributed by atoms with E-state index in [9.17, 15) is 4.79 Å². The minimum atomic E-state index is -0.261. The van der Waals surface area contributed by atoms with Gasteiger partial charge in [-0.15, -0.1) is 0 Å². The summed E-state index contributed by atoms with van der Waals surface area (Å²) in [5.41, 5.74) is 3.61. The Labute approximate surface area is 149 Å². The molecule has 3 aromatic rings. The van der Waals surface area contributed by atoms with E-state index in [0.717, 1.165) is 12.1 Å². The third-order valence-electron chi connectivity index (χ3n) is 3.65. The molecule has 122 valence electrons. The largest absolute Gasteiger partial charge is 0.321 e. The summed E-state index contributed by atoms with van der Waals surface area (Å²) >= 11 is 12.1. The summed E-state index contributed by atoms with van der Waals surface area (Å²) in [5, 5.41) is 10.8. The van der Waals surface area contributed by atoms with E-state index in [1.54, 1.807) is 24.3 Å². The number of aryl methyl sites for hydroxylation is 1. The SMILES string of the molecule is CCc1ccc(NC(=O)c2cc(-c3ccc(Cl)cc3Cl)n[nH]2)cc1. The lowest BCUT2D eigenvalue weighted by Gasteiger charge is -2.04. The van der Waals surface area contributed by atoms with Crippen molar-refractivity contribution < 1.29 is 4.79 Å². The van der Waals surface area contributed by atoms with Gasteiger partial charge in [-0.2, -0.15) is 5.10 Å². The molecule has 2 N–H and O–H groups in total. The Morgan fingerprint density at radius 2 is 1.88 bits per heavy atom. The number of carbonyl (C=O) groups is 1. The molecule has 1 amide bonds. The summed E-state index contributed by atoms with van der Waals surface area (Å²) in [6, 6.07) is 14.5. The first-order chi connectivity index (χ1) is 11.6. The quantitative estimate of drug-likeness (QED) is 0.672. The third-order valence-corrected chi connectivity index (χ3v) is 4.20. The molecule has 2 aromatic carbocycles. The van der Waals surface area contributed by atoms with Gasteiger partial charge in [0.2, 0.25) is 0 Å². The summed E-state index contributed by atoms with van der Waals surface area (Å²) < 4.78 is 0. The molecular weight excluding hydrogens is 345 g/mol. The van der Waals surface area contributed by atoms with Crippen LogP contribution in [0.2, 0.25) is 10.0 Å². The molecule has 0 aliphatic rings. The lowest BCUT2D eigenvalue weighted by molar-refractivity contribution is 0.102. The van der Waals surface area contributed by atoms with E-state index in [1.807, 2.05) is 24.3 Å². The zero-order chi connectivity index (χ0) is 17.1. The Kier molecular flexibility index (Phi) is 4.88. The average Bonchev–Trinajstić information content (AvgIpc) is 3.05. The van der Waals surface area contributed by atoms with Crippen LogP contribution in [0.4, 0.5) is 5.69 Å². The van der Waals surface area contributed by atoms with Crippen LogP contribution in [0.1, 0.15) is 23.0 Å². The predicted octanol–water partition coefficient (Wildman–Crippen LogP) is 5.20. The molecule has 0 fully saturated rings. The smallest absolute Gasteiger partial charge is 0.273 e. The lowest BCUT2D eigenvalue weighted by Crippen LogP contribution is -2.12. The number of benzene rings is 2. The summed E-state index contributed by atoms with van der Waals surface area (Å²) in [7, 11) is 0. The molecular formula is C18H15Cl2N3O. The number of halogens is 2. The van der Waals surface area contributed by atoms with E-state index in [4.69, 9.17) is 23.2 Å². The summed E-state index contributed by atoms with van der Waals surface area (Å²) in [6.45, 7) is 2.08. The number of anilines is 1. The molecule has 0 aliphatic carbocycles. The highest BCUT2D eigenvalue weighted by Crippen LogP contribution is 2.29. The number of aromatic nitrogens is 2. The van der Waals surface area contributed by atoms with Crippen LogP contribution >= 0.6 is 23.2 Å². The van der Waals surface area contributed by atoms with Gasteiger partial charge in [-0.05, 0) is 48.4 Å². The van der Waals surface area contributed by atoms with Crippen molar-refractivity contribution in [1.82, 2.24) is 10.2 Å². The van der Waals surface area contributed by atoms with Gasteiger partial charge in [0, 0.05) is 16.3 Å². The minimum absolute atomic E-state index is 0.261. The van der Waals surface area contributed by atoms with Gasteiger partial charge in [0.1, 0.15) is 5.69 Å².